The van der Waals surface area contributed by atoms with Gasteiger partial charge in [-0.05, 0) is 13.3 Å². The highest BCUT2D eigenvalue weighted by Crippen LogP contribution is 2.21. The van der Waals surface area contributed by atoms with Gasteiger partial charge in [-0.15, -0.1) is 0 Å². The number of nitrogens with zero attached hydrogens (tertiary/aromatic N) is 2. The largest absolute Gasteiger partial charge is 0.336 e. The molecular formula is C13H18N4O3S. The second kappa shape index (κ2) is 6.75. The van der Waals surface area contributed by atoms with Crippen LogP contribution in [0, 0.1) is 0 Å². The van der Waals surface area contributed by atoms with E-state index in [9.17, 15) is 14.4 Å². The van der Waals surface area contributed by atoms with Crippen molar-refractivity contribution in [3.8, 4) is 0 Å². The van der Waals surface area contributed by atoms with Crippen molar-refractivity contribution in [2.45, 2.75) is 37.1 Å². The molecule has 114 valence electrons. The lowest BCUT2D eigenvalue weighted by Crippen LogP contribution is -2.39. The Balaban J connectivity index is 2.08. The third kappa shape index (κ3) is 3.84. The molecule has 1 unspecified atom stereocenters. The van der Waals surface area contributed by atoms with E-state index in [-0.39, 0.29) is 17.5 Å². The Kier molecular flexibility index (Phi) is 5.00. The summed E-state index contributed by atoms with van der Waals surface area (Å²) in [5, 5.41) is 2.50. The molecule has 8 heteroatoms. The predicted molar refractivity (Wildman–Crippen MR) is 79.3 cm³/mol. The van der Waals surface area contributed by atoms with Gasteiger partial charge in [0.1, 0.15) is 0 Å². The van der Waals surface area contributed by atoms with Crippen LogP contribution >= 0.6 is 11.8 Å². The van der Waals surface area contributed by atoms with Crippen LogP contribution in [0.2, 0.25) is 0 Å². The average molecular weight is 310 g/mol. The van der Waals surface area contributed by atoms with E-state index < -0.39 is 5.25 Å². The number of urea groups is 1. The molecule has 1 saturated heterocycles. The number of rotatable bonds is 5. The number of nitrogens with one attached hydrogen (secondary N) is 2. The molecule has 21 heavy (non-hydrogen) atoms. The molecule has 3 amide bonds. The van der Waals surface area contributed by atoms with Crippen molar-refractivity contribution >= 4 is 23.7 Å². The zero-order valence-corrected chi connectivity index (χ0v) is 12.8. The molecule has 0 aromatic carbocycles. The fraction of sp³-hybridized carbons (Fsp3) is 0.538. The first-order chi connectivity index (χ1) is 10.0. The molecule has 0 spiro atoms. The number of hydrogen-bond donors (Lipinski definition) is 2. The zero-order chi connectivity index (χ0) is 15.4. The van der Waals surface area contributed by atoms with Crippen LogP contribution < -0.4 is 10.9 Å². The molecule has 0 aliphatic carbocycles. The van der Waals surface area contributed by atoms with Crippen LogP contribution in [0.15, 0.2) is 16.0 Å². The maximum absolute atomic E-state index is 12.2. The Hall–Kier alpha value is -1.83. The van der Waals surface area contributed by atoms with Crippen molar-refractivity contribution in [1.29, 1.82) is 0 Å². The Bertz CT molecular complexity index is 601. The number of aromatic amines is 1. The second-order valence-electron chi connectivity index (χ2n) is 4.77. The van der Waals surface area contributed by atoms with Gasteiger partial charge in [0, 0.05) is 24.8 Å². The summed E-state index contributed by atoms with van der Waals surface area (Å²) in [5.41, 5.74) is 0.483. The lowest BCUT2D eigenvalue weighted by molar-refractivity contribution is -0.126. The van der Waals surface area contributed by atoms with Crippen molar-refractivity contribution < 1.29 is 9.59 Å². The van der Waals surface area contributed by atoms with E-state index in [2.05, 4.69) is 15.3 Å². The number of aromatic nitrogens is 2. The summed E-state index contributed by atoms with van der Waals surface area (Å²) < 4.78 is 0. The Morgan fingerprint density at radius 2 is 2.29 bits per heavy atom. The minimum atomic E-state index is -0.492. The molecule has 7 nitrogen and oxygen atoms in total. The molecule has 2 N–H and O–H groups in total. The number of carbonyl (C=O) groups is 2. The Morgan fingerprint density at radius 1 is 1.52 bits per heavy atom. The summed E-state index contributed by atoms with van der Waals surface area (Å²) in [6.45, 7) is 4.56. The molecule has 2 heterocycles. The highest BCUT2D eigenvalue weighted by Gasteiger charge is 2.30. The highest BCUT2D eigenvalue weighted by atomic mass is 32.2. The first kappa shape index (κ1) is 15.6. The van der Waals surface area contributed by atoms with Gasteiger partial charge in [0.15, 0.2) is 5.16 Å². The zero-order valence-electron chi connectivity index (χ0n) is 12.0. The van der Waals surface area contributed by atoms with Gasteiger partial charge < -0.3 is 10.3 Å². The smallest absolute Gasteiger partial charge is 0.324 e. The highest BCUT2D eigenvalue weighted by molar-refractivity contribution is 8.00. The number of imide groups is 1. The molecular weight excluding hydrogens is 292 g/mol. The van der Waals surface area contributed by atoms with Crippen LogP contribution in [0.4, 0.5) is 4.79 Å². The van der Waals surface area contributed by atoms with Gasteiger partial charge in [0.25, 0.3) is 5.56 Å². The third-order valence-electron chi connectivity index (χ3n) is 3.04. The maximum Gasteiger partial charge on any atom is 0.324 e. The first-order valence-electron chi connectivity index (χ1n) is 6.87. The van der Waals surface area contributed by atoms with Crippen LogP contribution in [0.1, 0.15) is 26.0 Å². The molecule has 1 fully saturated rings. The normalized spacial score (nSPS) is 15.9. The van der Waals surface area contributed by atoms with E-state index in [0.717, 1.165) is 18.2 Å². The first-order valence-corrected chi connectivity index (χ1v) is 7.75. The van der Waals surface area contributed by atoms with Crippen LogP contribution in [0.25, 0.3) is 0 Å². The second-order valence-corrected chi connectivity index (χ2v) is 6.10. The van der Waals surface area contributed by atoms with Crippen molar-refractivity contribution in [2.75, 3.05) is 13.1 Å². The van der Waals surface area contributed by atoms with E-state index in [4.69, 9.17) is 0 Å². The van der Waals surface area contributed by atoms with Crippen LogP contribution in [-0.4, -0.2) is 45.1 Å². The van der Waals surface area contributed by atoms with Gasteiger partial charge in [-0.3, -0.25) is 14.5 Å². The summed E-state index contributed by atoms with van der Waals surface area (Å²) in [4.78, 5) is 43.4. The molecule has 1 aromatic rings. The lowest BCUT2D eigenvalue weighted by atomic mass is 10.2. The summed E-state index contributed by atoms with van der Waals surface area (Å²) in [6, 6.07) is 1.10. The molecule has 1 aliphatic rings. The summed E-state index contributed by atoms with van der Waals surface area (Å²) >= 11 is 1.16. The average Bonchev–Trinajstić information content (AvgIpc) is 2.83. The Morgan fingerprint density at radius 3 is 2.90 bits per heavy atom. The van der Waals surface area contributed by atoms with Crippen LogP contribution in [0.5, 0.6) is 0 Å². The van der Waals surface area contributed by atoms with Crippen LogP contribution in [-0.2, 0) is 11.2 Å². The van der Waals surface area contributed by atoms with E-state index in [1.54, 1.807) is 6.92 Å². The fourth-order valence-corrected chi connectivity index (χ4v) is 2.94. The van der Waals surface area contributed by atoms with Gasteiger partial charge >= 0.3 is 6.03 Å². The number of thioether (sulfide) groups is 1. The summed E-state index contributed by atoms with van der Waals surface area (Å²) in [5.74, 6) is -0.279. The van der Waals surface area contributed by atoms with Crippen molar-refractivity contribution in [3.05, 3.63) is 22.1 Å². The number of aryl methyl sites for hydroxylation is 1. The number of H-pyrrole nitrogens is 1. The monoisotopic (exact) mass is 310 g/mol. The van der Waals surface area contributed by atoms with Crippen LogP contribution in [0.3, 0.4) is 0 Å². The van der Waals surface area contributed by atoms with Gasteiger partial charge in [-0.25, -0.2) is 9.78 Å². The SMILES string of the molecule is CCCc1cc(=O)[nH]c(SC(C)C(=O)N2CCNC2=O)n1. The van der Waals surface area contributed by atoms with Gasteiger partial charge in [-0.2, -0.15) is 0 Å². The molecule has 0 radical (unpaired) electrons. The lowest BCUT2D eigenvalue weighted by Gasteiger charge is -2.16. The number of hydrogen-bond acceptors (Lipinski definition) is 5. The predicted octanol–water partition coefficient (Wildman–Crippen LogP) is 0.755. The minimum absolute atomic E-state index is 0.227. The van der Waals surface area contributed by atoms with Gasteiger partial charge in [0.2, 0.25) is 5.91 Å². The number of amides is 3. The molecule has 1 atom stereocenters. The van der Waals surface area contributed by atoms with E-state index in [0.29, 0.717) is 30.4 Å². The van der Waals surface area contributed by atoms with Gasteiger partial charge in [0.05, 0.1) is 5.25 Å². The maximum atomic E-state index is 12.2. The third-order valence-corrected chi connectivity index (χ3v) is 4.01. The molecule has 1 aliphatic heterocycles. The number of carbonyl (C=O) groups excluding carboxylic acids is 2. The van der Waals surface area contributed by atoms with Crippen molar-refractivity contribution in [1.82, 2.24) is 20.2 Å². The van der Waals surface area contributed by atoms with E-state index in [1.165, 1.54) is 11.0 Å². The summed E-state index contributed by atoms with van der Waals surface area (Å²) in [7, 11) is 0. The minimum Gasteiger partial charge on any atom is -0.336 e. The van der Waals surface area contributed by atoms with Crippen molar-refractivity contribution in [2.24, 2.45) is 0 Å². The standard InChI is InChI=1S/C13H18N4O3S/c1-3-4-9-7-10(18)16-12(15-9)21-8(2)11(19)17-6-5-14-13(17)20/h7-8H,3-6H2,1-2H3,(H,14,20)(H,15,16,18). The van der Waals surface area contributed by atoms with E-state index in [1.807, 2.05) is 6.92 Å². The molecule has 2 rings (SSSR count). The molecule has 0 bridgehead atoms. The van der Waals surface area contributed by atoms with Crippen molar-refractivity contribution in [3.63, 3.8) is 0 Å². The fourth-order valence-electron chi connectivity index (χ4n) is 2.04. The quantitative estimate of drug-likeness (QED) is 0.618. The topological polar surface area (TPSA) is 95.2 Å². The van der Waals surface area contributed by atoms with E-state index >= 15 is 0 Å². The summed E-state index contributed by atoms with van der Waals surface area (Å²) in [6.07, 6.45) is 1.61. The van der Waals surface area contributed by atoms with Gasteiger partial charge in [-0.1, -0.05) is 25.1 Å². The Labute approximate surface area is 126 Å². The molecule has 0 saturated carbocycles. The molecule has 1 aromatic heterocycles.